The van der Waals surface area contributed by atoms with E-state index < -0.39 is 11.1 Å². The van der Waals surface area contributed by atoms with E-state index in [-0.39, 0.29) is 18.1 Å². The third-order valence-corrected chi connectivity index (χ3v) is 7.47. The molecule has 0 aromatic heterocycles. The molecule has 0 aliphatic carbocycles. The fourth-order valence-electron chi connectivity index (χ4n) is 3.42. The Hall–Kier alpha value is -2.96. The zero-order valence-electron chi connectivity index (χ0n) is 18.8. The van der Waals surface area contributed by atoms with Crippen molar-refractivity contribution in [2.24, 2.45) is 0 Å². The molecule has 0 bridgehead atoms. The highest BCUT2D eigenvalue weighted by Crippen LogP contribution is 2.40. The van der Waals surface area contributed by atoms with E-state index >= 15 is 0 Å². The van der Waals surface area contributed by atoms with Gasteiger partial charge in [-0.3, -0.25) is 14.5 Å². The molecule has 1 saturated heterocycles. The lowest BCUT2D eigenvalue weighted by Crippen LogP contribution is -2.27. The predicted octanol–water partition coefficient (Wildman–Crippen LogP) is 7.45. The highest BCUT2D eigenvalue weighted by atomic mass is 79.9. The lowest BCUT2D eigenvalue weighted by molar-refractivity contribution is -0.123. The van der Waals surface area contributed by atoms with Crippen LogP contribution in [0.1, 0.15) is 22.3 Å². The molecule has 182 valence electrons. The summed E-state index contributed by atoms with van der Waals surface area (Å²) < 4.78 is 12.1. The largest absolute Gasteiger partial charge is 0.493 e. The van der Waals surface area contributed by atoms with Crippen molar-refractivity contribution in [1.29, 1.82) is 5.26 Å². The molecule has 0 atom stereocenters. The number of nitriles is 1. The number of thioether (sulfide) groups is 1. The Morgan fingerprint density at radius 1 is 1.11 bits per heavy atom. The number of imide groups is 1. The Kier molecular flexibility index (Phi) is 8.27. The average Bonchev–Trinajstić information content (AvgIpc) is 3.12. The topological polar surface area (TPSA) is 79.6 Å². The smallest absolute Gasteiger partial charge is 0.293 e. The minimum absolute atomic E-state index is 0.0182. The molecule has 6 nitrogen and oxygen atoms in total. The number of rotatable bonds is 7. The second-order valence-electron chi connectivity index (χ2n) is 7.60. The molecule has 36 heavy (non-hydrogen) atoms. The Labute approximate surface area is 230 Å². The highest BCUT2D eigenvalue weighted by molar-refractivity contribution is 9.10. The van der Waals surface area contributed by atoms with Gasteiger partial charge in [-0.2, -0.15) is 5.26 Å². The standard InChI is InChI=1S/C26H17BrCl2N2O4S/c1-34-22-10-17(9-19(27)24(22)35-14-16-7-5-15(12-30)6-8-16)11-23-25(32)31(26(33)36-23)13-18-20(28)3-2-4-21(18)29/h2-11H,13-14H2,1H3/b23-11-. The Morgan fingerprint density at radius 2 is 1.81 bits per heavy atom. The average molecular weight is 604 g/mol. The van der Waals surface area contributed by atoms with E-state index in [1.54, 1.807) is 48.5 Å². The van der Waals surface area contributed by atoms with Crippen molar-refractivity contribution in [2.45, 2.75) is 13.2 Å². The SMILES string of the molecule is COc1cc(/C=C2\SC(=O)N(Cc3c(Cl)cccc3Cl)C2=O)cc(Br)c1OCc1ccc(C#N)cc1. The third-order valence-electron chi connectivity index (χ3n) is 5.27. The van der Waals surface area contributed by atoms with Crippen LogP contribution in [-0.4, -0.2) is 23.2 Å². The number of nitrogens with zero attached hydrogens (tertiary/aromatic N) is 2. The van der Waals surface area contributed by atoms with Gasteiger partial charge in [-0.05, 0) is 81.3 Å². The first kappa shape index (κ1) is 26.1. The minimum Gasteiger partial charge on any atom is -0.493 e. The Morgan fingerprint density at radius 3 is 2.44 bits per heavy atom. The molecule has 0 unspecified atom stereocenters. The van der Waals surface area contributed by atoms with Crippen LogP contribution < -0.4 is 9.47 Å². The monoisotopic (exact) mass is 602 g/mol. The van der Waals surface area contributed by atoms with Gasteiger partial charge in [0.25, 0.3) is 11.1 Å². The first-order chi connectivity index (χ1) is 17.3. The molecule has 0 spiro atoms. The van der Waals surface area contributed by atoms with Crippen molar-refractivity contribution in [1.82, 2.24) is 4.90 Å². The van der Waals surface area contributed by atoms with Crippen LogP contribution in [0.3, 0.4) is 0 Å². The van der Waals surface area contributed by atoms with Crippen LogP contribution in [-0.2, 0) is 17.9 Å². The number of halogens is 3. The number of hydrogen-bond donors (Lipinski definition) is 0. The molecule has 0 N–H and O–H groups in total. The van der Waals surface area contributed by atoms with Gasteiger partial charge < -0.3 is 9.47 Å². The lowest BCUT2D eigenvalue weighted by Gasteiger charge is -2.15. The summed E-state index contributed by atoms with van der Waals surface area (Å²) in [5, 5.41) is 9.30. The van der Waals surface area contributed by atoms with E-state index in [0.29, 0.717) is 42.7 Å². The second kappa shape index (κ2) is 11.4. The summed E-state index contributed by atoms with van der Waals surface area (Å²) in [6.45, 7) is 0.249. The molecule has 3 aromatic rings. The van der Waals surface area contributed by atoms with E-state index in [1.165, 1.54) is 7.11 Å². The van der Waals surface area contributed by atoms with E-state index in [1.807, 2.05) is 12.1 Å². The summed E-state index contributed by atoms with van der Waals surface area (Å²) in [5.41, 5.74) is 2.61. The number of benzene rings is 3. The van der Waals surface area contributed by atoms with Crippen molar-refractivity contribution in [2.75, 3.05) is 7.11 Å². The van der Waals surface area contributed by atoms with Gasteiger partial charge in [0.1, 0.15) is 6.61 Å². The first-order valence-electron chi connectivity index (χ1n) is 10.5. The zero-order valence-corrected chi connectivity index (χ0v) is 22.7. The fourth-order valence-corrected chi connectivity index (χ4v) is 5.35. The van der Waals surface area contributed by atoms with Crippen LogP contribution >= 0.6 is 50.9 Å². The van der Waals surface area contributed by atoms with Crippen molar-refractivity contribution in [3.05, 3.63) is 96.3 Å². The number of methoxy groups -OCH3 is 1. The van der Waals surface area contributed by atoms with Gasteiger partial charge in [0.2, 0.25) is 0 Å². The van der Waals surface area contributed by atoms with Gasteiger partial charge in [-0.25, -0.2) is 0 Å². The summed E-state index contributed by atoms with van der Waals surface area (Å²) >= 11 is 16.8. The summed E-state index contributed by atoms with van der Waals surface area (Å²) in [7, 11) is 1.52. The number of ether oxygens (including phenoxy) is 2. The molecule has 1 aliphatic heterocycles. The quantitative estimate of drug-likeness (QED) is 0.261. The number of carbonyl (C=O) groups is 2. The Balaban J connectivity index is 1.54. The molecule has 1 fully saturated rings. The highest BCUT2D eigenvalue weighted by Gasteiger charge is 2.35. The van der Waals surface area contributed by atoms with Gasteiger partial charge in [0, 0.05) is 15.6 Å². The summed E-state index contributed by atoms with van der Waals surface area (Å²) in [6, 6.07) is 17.7. The maximum atomic E-state index is 13.0. The van der Waals surface area contributed by atoms with Crippen LogP contribution in [0.25, 0.3) is 6.08 Å². The van der Waals surface area contributed by atoms with Crippen molar-refractivity contribution in [3.63, 3.8) is 0 Å². The molecular formula is C26H17BrCl2N2O4S. The van der Waals surface area contributed by atoms with E-state index in [0.717, 1.165) is 22.2 Å². The minimum atomic E-state index is -0.433. The van der Waals surface area contributed by atoms with Crippen LogP contribution in [0.2, 0.25) is 10.0 Å². The lowest BCUT2D eigenvalue weighted by atomic mass is 10.1. The van der Waals surface area contributed by atoms with Gasteiger partial charge >= 0.3 is 0 Å². The number of carbonyl (C=O) groups excluding carboxylic acids is 2. The molecule has 1 heterocycles. The normalized spacial score (nSPS) is 14.3. The fraction of sp³-hybridized carbons (Fsp3) is 0.115. The molecule has 3 aromatic carbocycles. The van der Waals surface area contributed by atoms with E-state index in [9.17, 15) is 9.59 Å². The van der Waals surface area contributed by atoms with Crippen molar-refractivity contribution >= 4 is 68.1 Å². The molecule has 1 aliphatic rings. The molecule has 10 heteroatoms. The van der Waals surface area contributed by atoms with E-state index in [2.05, 4.69) is 22.0 Å². The predicted molar refractivity (Wildman–Crippen MR) is 144 cm³/mol. The van der Waals surface area contributed by atoms with Crippen LogP contribution in [0.15, 0.2) is 64.0 Å². The third kappa shape index (κ3) is 5.71. The summed E-state index contributed by atoms with van der Waals surface area (Å²) in [4.78, 5) is 27.0. The van der Waals surface area contributed by atoms with Crippen molar-refractivity contribution in [3.8, 4) is 17.6 Å². The van der Waals surface area contributed by atoms with Gasteiger partial charge in [-0.1, -0.05) is 41.4 Å². The van der Waals surface area contributed by atoms with Gasteiger partial charge in [0.15, 0.2) is 11.5 Å². The Bertz CT molecular complexity index is 1400. The summed E-state index contributed by atoms with van der Waals surface area (Å²) in [5.74, 6) is 0.504. The van der Waals surface area contributed by atoms with Gasteiger partial charge in [0.05, 0.1) is 34.7 Å². The molecule has 2 amide bonds. The maximum absolute atomic E-state index is 13.0. The van der Waals surface area contributed by atoms with Crippen LogP contribution in [0.5, 0.6) is 11.5 Å². The van der Waals surface area contributed by atoms with Gasteiger partial charge in [-0.15, -0.1) is 0 Å². The van der Waals surface area contributed by atoms with Crippen molar-refractivity contribution < 1.29 is 19.1 Å². The molecule has 0 saturated carbocycles. The molecule has 0 radical (unpaired) electrons. The van der Waals surface area contributed by atoms with Crippen LogP contribution in [0, 0.1) is 11.3 Å². The molecular weight excluding hydrogens is 587 g/mol. The summed E-state index contributed by atoms with van der Waals surface area (Å²) in [6.07, 6.45) is 1.62. The number of hydrogen-bond acceptors (Lipinski definition) is 6. The second-order valence-corrected chi connectivity index (χ2v) is 10.3. The maximum Gasteiger partial charge on any atom is 0.293 e. The first-order valence-corrected chi connectivity index (χ1v) is 12.8. The number of amides is 2. The van der Waals surface area contributed by atoms with E-state index in [4.69, 9.17) is 37.9 Å². The zero-order chi connectivity index (χ0) is 25.8. The van der Waals surface area contributed by atoms with Crippen LogP contribution in [0.4, 0.5) is 4.79 Å². The molecule has 4 rings (SSSR count).